The zero-order valence-corrected chi connectivity index (χ0v) is 23.0. The van der Waals surface area contributed by atoms with Gasteiger partial charge in [-0.05, 0) is 47.6 Å². The monoisotopic (exact) mass is 542 g/mol. The van der Waals surface area contributed by atoms with Crippen molar-refractivity contribution in [3.8, 4) is 0 Å². The number of hydrogen-bond donors (Lipinski definition) is 1. The maximum absolute atomic E-state index is 13.2. The molecule has 1 fully saturated rings. The Labute approximate surface area is 233 Å². The van der Waals surface area contributed by atoms with Gasteiger partial charge < -0.3 is 10.2 Å². The number of halogens is 1. The van der Waals surface area contributed by atoms with E-state index in [0.29, 0.717) is 21.6 Å². The van der Waals surface area contributed by atoms with Crippen molar-refractivity contribution in [1.82, 2.24) is 15.3 Å². The predicted molar refractivity (Wildman–Crippen MR) is 156 cm³/mol. The van der Waals surface area contributed by atoms with Crippen LogP contribution in [0.1, 0.15) is 52.9 Å². The summed E-state index contributed by atoms with van der Waals surface area (Å²) in [5.74, 6) is 2.23. The summed E-state index contributed by atoms with van der Waals surface area (Å²) in [5, 5.41) is 4.34. The predicted octanol–water partition coefficient (Wildman–Crippen LogP) is 7.18. The number of rotatable bonds is 8. The highest BCUT2D eigenvalue weighted by Crippen LogP contribution is 2.28. The van der Waals surface area contributed by atoms with E-state index in [2.05, 4.69) is 22.1 Å². The fraction of sp³-hybridized carbons (Fsp3) is 0.258. The van der Waals surface area contributed by atoms with Gasteiger partial charge in [0.05, 0.1) is 6.04 Å². The SMILES string of the molecule is CC1CCN(c2cc(Cl)nc(SCc3ccc(C(=O)NC(c4ccccc4)c4ccccc4)cc3)n2)CC1. The Morgan fingerprint density at radius 1 is 0.947 bits per heavy atom. The van der Waals surface area contributed by atoms with E-state index in [0.717, 1.165) is 41.5 Å². The molecule has 1 amide bonds. The Morgan fingerprint density at radius 2 is 1.55 bits per heavy atom. The minimum Gasteiger partial charge on any atom is -0.356 e. The van der Waals surface area contributed by atoms with Crippen molar-refractivity contribution in [3.63, 3.8) is 0 Å². The van der Waals surface area contributed by atoms with E-state index in [1.54, 1.807) is 11.8 Å². The Hall–Kier alpha value is -3.35. The zero-order chi connectivity index (χ0) is 26.3. The summed E-state index contributed by atoms with van der Waals surface area (Å²) in [6.07, 6.45) is 2.34. The third-order valence-corrected chi connectivity index (χ3v) is 8.01. The number of amides is 1. The lowest BCUT2D eigenvalue weighted by Crippen LogP contribution is -2.33. The Morgan fingerprint density at radius 3 is 2.16 bits per heavy atom. The van der Waals surface area contributed by atoms with Crippen LogP contribution in [0.3, 0.4) is 0 Å². The molecule has 0 spiro atoms. The van der Waals surface area contributed by atoms with E-state index in [1.165, 1.54) is 12.8 Å². The number of benzene rings is 3. The molecule has 0 radical (unpaired) electrons. The van der Waals surface area contributed by atoms with Crippen molar-refractivity contribution in [3.05, 3.63) is 118 Å². The summed E-state index contributed by atoms with van der Waals surface area (Å²) >= 11 is 7.88. The Kier molecular flexibility index (Phi) is 8.61. The van der Waals surface area contributed by atoms with Gasteiger partial charge in [0.25, 0.3) is 5.91 Å². The van der Waals surface area contributed by atoms with Crippen molar-refractivity contribution >= 4 is 35.1 Å². The van der Waals surface area contributed by atoms with Crippen LogP contribution < -0.4 is 10.2 Å². The van der Waals surface area contributed by atoms with Crippen LogP contribution in [0, 0.1) is 5.92 Å². The lowest BCUT2D eigenvalue weighted by molar-refractivity contribution is 0.0943. The van der Waals surface area contributed by atoms with Crippen LogP contribution in [0.15, 0.2) is 96.2 Å². The van der Waals surface area contributed by atoms with Gasteiger partial charge in [0, 0.05) is 30.5 Å². The lowest BCUT2D eigenvalue weighted by atomic mass is 9.98. The summed E-state index contributed by atoms with van der Waals surface area (Å²) in [6.45, 7) is 4.29. The van der Waals surface area contributed by atoms with E-state index in [-0.39, 0.29) is 11.9 Å². The topological polar surface area (TPSA) is 58.1 Å². The van der Waals surface area contributed by atoms with Crippen molar-refractivity contribution < 1.29 is 4.79 Å². The van der Waals surface area contributed by atoms with Gasteiger partial charge in [-0.15, -0.1) is 0 Å². The number of carbonyl (C=O) groups is 1. The van der Waals surface area contributed by atoms with Crippen LogP contribution in [0.5, 0.6) is 0 Å². The molecule has 4 aromatic rings. The summed E-state index contributed by atoms with van der Waals surface area (Å²) in [5.41, 5.74) is 3.79. The summed E-state index contributed by atoms with van der Waals surface area (Å²) in [4.78, 5) is 24.7. The molecule has 5 nitrogen and oxygen atoms in total. The van der Waals surface area contributed by atoms with Gasteiger partial charge in [0.1, 0.15) is 11.0 Å². The number of nitrogens with zero attached hydrogens (tertiary/aromatic N) is 3. The van der Waals surface area contributed by atoms with Crippen LogP contribution >= 0.6 is 23.4 Å². The first-order chi connectivity index (χ1) is 18.5. The molecule has 0 aliphatic carbocycles. The van der Waals surface area contributed by atoms with Crippen molar-refractivity contribution in [1.29, 1.82) is 0 Å². The van der Waals surface area contributed by atoms with E-state index in [9.17, 15) is 4.79 Å². The standard InChI is InChI=1S/C31H31ClN4OS/c1-22-16-18-36(19-17-22)28-20-27(32)33-31(34-28)38-21-23-12-14-26(15-13-23)30(37)35-29(24-8-4-2-5-9-24)25-10-6-3-7-11-25/h2-15,20,22,29H,16-19,21H2,1H3,(H,35,37). The first-order valence-corrected chi connectivity index (χ1v) is 14.3. The quantitative estimate of drug-likeness (QED) is 0.145. The van der Waals surface area contributed by atoms with Gasteiger partial charge >= 0.3 is 0 Å². The summed E-state index contributed by atoms with van der Waals surface area (Å²) in [7, 11) is 0. The van der Waals surface area contributed by atoms with Gasteiger partial charge in [0.15, 0.2) is 5.16 Å². The fourth-order valence-electron chi connectivity index (χ4n) is 4.61. The number of aromatic nitrogens is 2. The highest BCUT2D eigenvalue weighted by atomic mass is 35.5. The molecule has 194 valence electrons. The number of nitrogens with one attached hydrogen (secondary N) is 1. The molecule has 7 heteroatoms. The molecule has 1 saturated heterocycles. The first kappa shape index (κ1) is 26.3. The number of piperidine rings is 1. The van der Waals surface area contributed by atoms with E-state index in [1.807, 2.05) is 91.0 Å². The minimum atomic E-state index is -0.225. The molecule has 0 saturated carbocycles. The molecular weight excluding hydrogens is 512 g/mol. The largest absolute Gasteiger partial charge is 0.356 e. The maximum atomic E-state index is 13.2. The molecule has 1 N–H and O–H groups in total. The van der Waals surface area contributed by atoms with Crippen LogP contribution in [0.4, 0.5) is 5.82 Å². The number of carbonyl (C=O) groups excluding carboxylic acids is 1. The van der Waals surface area contributed by atoms with Gasteiger partial charge in [0.2, 0.25) is 0 Å². The second kappa shape index (κ2) is 12.5. The van der Waals surface area contributed by atoms with E-state index >= 15 is 0 Å². The second-order valence-corrected chi connectivity index (χ2v) is 11.0. The molecule has 1 aliphatic rings. The first-order valence-electron chi connectivity index (χ1n) is 13.0. The fourth-order valence-corrected chi connectivity index (χ4v) is 5.65. The van der Waals surface area contributed by atoms with Crippen LogP contribution in [-0.4, -0.2) is 29.0 Å². The maximum Gasteiger partial charge on any atom is 0.252 e. The molecule has 5 rings (SSSR count). The third kappa shape index (κ3) is 6.74. The highest BCUT2D eigenvalue weighted by molar-refractivity contribution is 7.98. The molecule has 0 atom stereocenters. The van der Waals surface area contributed by atoms with Crippen LogP contribution in [0.2, 0.25) is 5.15 Å². The smallest absolute Gasteiger partial charge is 0.252 e. The highest BCUT2D eigenvalue weighted by Gasteiger charge is 2.19. The van der Waals surface area contributed by atoms with E-state index in [4.69, 9.17) is 16.6 Å². The zero-order valence-electron chi connectivity index (χ0n) is 21.4. The van der Waals surface area contributed by atoms with Gasteiger partial charge in [-0.1, -0.05) is 103 Å². The van der Waals surface area contributed by atoms with Crippen LogP contribution in [0.25, 0.3) is 0 Å². The molecule has 2 heterocycles. The summed E-state index contributed by atoms with van der Waals surface area (Å²) in [6, 6.07) is 29.4. The van der Waals surface area contributed by atoms with Crippen molar-refractivity contribution in [2.75, 3.05) is 18.0 Å². The number of anilines is 1. The molecule has 0 bridgehead atoms. The second-order valence-electron chi connectivity index (χ2n) is 9.71. The average Bonchev–Trinajstić information content (AvgIpc) is 2.96. The molecule has 0 unspecified atom stereocenters. The third-order valence-electron chi connectivity index (χ3n) is 6.89. The molecular formula is C31H31ClN4OS. The number of thioether (sulfide) groups is 1. The number of hydrogen-bond acceptors (Lipinski definition) is 5. The Bertz CT molecular complexity index is 1300. The molecule has 3 aromatic carbocycles. The average molecular weight is 543 g/mol. The normalized spacial score (nSPS) is 14.0. The lowest BCUT2D eigenvalue weighted by Gasteiger charge is -2.31. The summed E-state index contributed by atoms with van der Waals surface area (Å²) < 4.78 is 0. The van der Waals surface area contributed by atoms with Crippen LogP contribution in [-0.2, 0) is 5.75 Å². The van der Waals surface area contributed by atoms with Gasteiger partial charge in [-0.25, -0.2) is 9.97 Å². The van der Waals surface area contributed by atoms with Crippen molar-refractivity contribution in [2.24, 2.45) is 5.92 Å². The molecule has 1 aromatic heterocycles. The van der Waals surface area contributed by atoms with Gasteiger partial charge in [-0.3, -0.25) is 4.79 Å². The van der Waals surface area contributed by atoms with Gasteiger partial charge in [-0.2, -0.15) is 0 Å². The molecule has 38 heavy (non-hydrogen) atoms. The van der Waals surface area contributed by atoms with Crippen molar-refractivity contribution in [2.45, 2.75) is 36.7 Å². The molecule has 1 aliphatic heterocycles. The minimum absolute atomic E-state index is 0.111. The Balaban J connectivity index is 1.23. The van der Waals surface area contributed by atoms with E-state index < -0.39 is 0 Å².